The lowest BCUT2D eigenvalue weighted by Gasteiger charge is -2.26. The molecular formula is C12H18N2O4. The van der Waals surface area contributed by atoms with Gasteiger partial charge in [-0.05, 0) is 19.3 Å². The average Bonchev–Trinajstić information content (AvgIpc) is 2.84. The standard InChI is InChI=1S/C12H18N2O4/c1-12(6-15,7-16)5-14-9-4-2-3-8(9)10(17)13-11(14)18/h15-16H,2-7H2,1H3,(H,13,17,18). The smallest absolute Gasteiger partial charge is 0.328 e. The summed E-state index contributed by atoms with van der Waals surface area (Å²) >= 11 is 0. The molecule has 2 rings (SSSR count). The van der Waals surface area contributed by atoms with E-state index < -0.39 is 11.1 Å². The molecule has 0 amide bonds. The summed E-state index contributed by atoms with van der Waals surface area (Å²) in [5.74, 6) is 0. The molecule has 18 heavy (non-hydrogen) atoms. The summed E-state index contributed by atoms with van der Waals surface area (Å²) in [5.41, 5.74) is -0.129. The van der Waals surface area contributed by atoms with Gasteiger partial charge in [-0.3, -0.25) is 14.3 Å². The van der Waals surface area contributed by atoms with Crippen molar-refractivity contribution < 1.29 is 10.2 Å². The number of aromatic nitrogens is 2. The number of fused-ring (bicyclic) bond motifs is 1. The highest BCUT2D eigenvalue weighted by Crippen LogP contribution is 2.21. The van der Waals surface area contributed by atoms with Crippen molar-refractivity contribution >= 4 is 0 Å². The van der Waals surface area contributed by atoms with E-state index in [4.69, 9.17) is 0 Å². The largest absolute Gasteiger partial charge is 0.396 e. The summed E-state index contributed by atoms with van der Waals surface area (Å²) in [6.45, 7) is 1.47. The number of H-pyrrole nitrogens is 1. The van der Waals surface area contributed by atoms with Gasteiger partial charge >= 0.3 is 5.69 Å². The van der Waals surface area contributed by atoms with Gasteiger partial charge in [-0.1, -0.05) is 6.92 Å². The summed E-state index contributed by atoms with van der Waals surface area (Å²) in [6.07, 6.45) is 2.23. The molecule has 1 heterocycles. The Labute approximate surface area is 104 Å². The molecule has 0 aliphatic heterocycles. The maximum atomic E-state index is 11.9. The van der Waals surface area contributed by atoms with E-state index in [9.17, 15) is 19.8 Å². The van der Waals surface area contributed by atoms with E-state index in [1.54, 1.807) is 6.92 Å². The van der Waals surface area contributed by atoms with Crippen LogP contribution in [0.1, 0.15) is 24.6 Å². The summed E-state index contributed by atoms with van der Waals surface area (Å²) in [6, 6.07) is 0. The van der Waals surface area contributed by atoms with Crippen LogP contribution in [0.2, 0.25) is 0 Å². The maximum Gasteiger partial charge on any atom is 0.328 e. The zero-order valence-electron chi connectivity index (χ0n) is 10.4. The maximum absolute atomic E-state index is 11.9. The molecule has 1 aliphatic rings. The van der Waals surface area contributed by atoms with E-state index in [0.29, 0.717) is 18.4 Å². The van der Waals surface area contributed by atoms with Gasteiger partial charge in [-0.2, -0.15) is 0 Å². The Bertz CT molecular complexity index is 554. The first-order valence-electron chi connectivity index (χ1n) is 6.07. The van der Waals surface area contributed by atoms with E-state index in [2.05, 4.69) is 4.98 Å². The van der Waals surface area contributed by atoms with Crippen molar-refractivity contribution in [1.29, 1.82) is 0 Å². The lowest BCUT2D eigenvalue weighted by molar-refractivity contribution is 0.0536. The molecule has 0 atom stereocenters. The van der Waals surface area contributed by atoms with Crippen molar-refractivity contribution in [2.75, 3.05) is 13.2 Å². The van der Waals surface area contributed by atoms with Crippen molar-refractivity contribution in [2.24, 2.45) is 5.41 Å². The fourth-order valence-corrected chi connectivity index (χ4v) is 2.33. The van der Waals surface area contributed by atoms with Gasteiger partial charge in [0, 0.05) is 23.2 Å². The second kappa shape index (κ2) is 4.70. The second-order valence-corrected chi connectivity index (χ2v) is 5.25. The van der Waals surface area contributed by atoms with Gasteiger partial charge in [0.1, 0.15) is 0 Å². The molecule has 0 radical (unpaired) electrons. The SMILES string of the molecule is CC(CO)(CO)Cn1c2c(c(=O)[nH]c1=O)CCC2. The molecule has 0 spiro atoms. The van der Waals surface area contributed by atoms with Crippen LogP contribution in [0, 0.1) is 5.41 Å². The molecule has 3 N–H and O–H groups in total. The topological polar surface area (TPSA) is 95.3 Å². The quantitative estimate of drug-likeness (QED) is 0.643. The number of hydrogen-bond acceptors (Lipinski definition) is 4. The van der Waals surface area contributed by atoms with Crippen LogP contribution in [0.15, 0.2) is 9.59 Å². The fraction of sp³-hybridized carbons (Fsp3) is 0.667. The van der Waals surface area contributed by atoms with E-state index in [1.165, 1.54) is 4.57 Å². The average molecular weight is 254 g/mol. The number of hydrogen-bond donors (Lipinski definition) is 3. The molecule has 6 heteroatoms. The first kappa shape index (κ1) is 13.0. The number of aromatic amines is 1. The monoisotopic (exact) mass is 254 g/mol. The minimum absolute atomic E-state index is 0.206. The van der Waals surface area contributed by atoms with Crippen LogP contribution in [-0.4, -0.2) is 33.0 Å². The lowest BCUT2D eigenvalue weighted by Crippen LogP contribution is -2.40. The highest BCUT2D eigenvalue weighted by atomic mass is 16.3. The number of aliphatic hydroxyl groups is 2. The highest BCUT2D eigenvalue weighted by molar-refractivity contribution is 5.22. The van der Waals surface area contributed by atoms with Crippen molar-refractivity contribution in [3.05, 3.63) is 32.1 Å². The molecule has 1 aromatic heterocycles. The van der Waals surface area contributed by atoms with Gasteiger partial charge in [0.15, 0.2) is 0 Å². The van der Waals surface area contributed by atoms with Crippen molar-refractivity contribution in [3.8, 4) is 0 Å². The van der Waals surface area contributed by atoms with E-state index in [0.717, 1.165) is 12.1 Å². The van der Waals surface area contributed by atoms with E-state index in [1.807, 2.05) is 0 Å². The predicted molar refractivity (Wildman–Crippen MR) is 65.6 cm³/mol. The van der Waals surface area contributed by atoms with Gasteiger partial charge in [0.2, 0.25) is 0 Å². The molecule has 0 aromatic carbocycles. The van der Waals surface area contributed by atoms with Gasteiger partial charge < -0.3 is 10.2 Å². The van der Waals surface area contributed by atoms with Crippen LogP contribution < -0.4 is 11.2 Å². The molecule has 1 aromatic rings. The molecule has 0 saturated heterocycles. The van der Waals surface area contributed by atoms with Crippen LogP contribution in [0.25, 0.3) is 0 Å². The normalized spacial score (nSPS) is 14.8. The Morgan fingerprint density at radius 2 is 1.94 bits per heavy atom. The molecule has 0 unspecified atom stereocenters. The minimum Gasteiger partial charge on any atom is -0.396 e. The molecule has 0 bridgehead atoms. The van der Waals surface area contributed by atoms with Gasteiger partial charge in [0.05, 0.1) is 13.2 Å². The van der Waals surface area contributed by atoms with E-state index in [-0.39, 0.29) is 25.3 Å². The summed E-state index contributed by atoms with van der Waals surface area (Å²) in [4.78, 5) is 25.8. The first-order chi connectivity index (χ1) is 8.50. The highest BCUT2D eigenvalue weighted by Gasteiger charge is 2.27. The Hall–Kier alpha value is -1.40. The van der Waals surface area contributed by atoms with Gasteiger partial charge in [0.25, 0.3) is 5.56 Å². The number of aliphatic hydroxyl groups excluding tert-OH is 2. The molecule has 6 nitrogen and oxygen atoms in total. The zero-order chi connectivity index (χ0) is 13.3. The van der Waals surface area contributed by atoms with Crippen LogP contribution >= 0.6 is 0 Å². The number of nitrogens with one attached hydrogen (secondary N) is 1. The Morgan fingerprint density at radius 1 is 1.28 bits per heavy atom. The zero-order valence-corrected chi connectivity index (χ0v) is 10.4. The lowest BCUT2D eigenvalue weighted by atomic mass is 9.92. The number of rotatable bonds is 4. The minimum atomic E-state index is -0.765. The molecule has 0 fully saturated rings. The van der Waals surface area contributed by atoms with Gasteiger partial charge in [-0.25, -0.2) is 4.79 Å². The van der Waals surface area contributed by atoms with Crippen LogP contribution in [0.3, 0.4) is 0 Å². The van der Waals surface area contributed by atoms with Crippen LogP contribution in [0.5, 0.6) is 0 Å². The van der Waals surface area contributed by atoms with Gasteiger partial charge in [-0.15, -0.1) is 0 Å². The number of nitrogens with zero attached hydrogens (tertiary/aromatic N) is 1. The molecular weight excluding hydrogens is 236 g/mol. The van der Waals surface area contributed by atoms with Crippen LogP contribution in [0.4, 0.5) is 0 Å². The van der Waals surface area contributed by atoms with Crippen molar-refractivity contribution in [3.63, 3.8) is 0 Å². The summed E-state index contributed by atoms with van der Waals surface area (Å²) in [7, 11) is 0. The van der Waals surface area contributed by atoms with Crippen LogP contribution in [-0.2, 0) is 19.4 Å². The van der Waals surface area contributed by atoms with Crippen molar-refractivity contribution in [2.45, 2.75) is 32.7 Å². The third-order valence-corrected chi connectivity index (χ3v) is 3.56. The fourth-order valence-electron chi connectivity index (χ4n) is 2.33. The van der Waals surface area contributed by atoms with Crippen molar-refractivity contribution in [1.82, 2.24) is 9.55 Å². The van der Waals surface area contributed by atoms with E-state index >= 15 is 0 Å². The summed E-state index contributed by atoms with van der Waals surface area (Å²) < 4.78 is 1.48. The predicted octanol–water partition coefficient (Wildman–Crippen LogP) is -0.984. The molecule has 1 aliphatic carbocycles. The Kier molecular flexibility index (Phi) is 3.41. The third kappa shape index (κ3) is 2.13. The first-order valence-corrected chi connectivity index (χ1v) is 6.07. The molecule has 100 valence electrons. The molecule has 0 saturated carbocycles. The third-order valence-electron chi connectivity index (χ3n) is 3.56. The Morgan fingerprint density at radius 3 is 2.56 bits per heavy atom. The second-order valence-electron chi connectivity index (χ2n) is 5.25. The summed E-state index contributed by atoms with van der Waals surface area (Å²) in [5, 5.41) is 18.6. The Balaban J connectivity index is 2.50.